The van der Waals surface area contributed by atoms with Gasteiger partial charge in [0.2, 0.25) is 0 Å². The van der Waals surface area contributed by atoms with E-state index < -0.39 is 19.1 Å². The van der Waals surface area contributed by atoms with Gasteiger partial charge in [-0.3, -0.25) is 0 Å². The van der Waals surface area contributed by atoms with Crippen molar-refractivity contribution in [2.24, 2.45) is 0 Å². The first-order chi connectivity index (χ1) is 8.90. The molecule has 0 aliphatic carbocycles. The predicted molar refractivity (Wildman–Crippen MR) is 61.5 cm³/mol. The van der Waals surface area contributed by atoms with Gasteiger partial charge >= 0.3 is 6.61 Å². The Hall–Kier alpha value is -1.34. The van der Waals surface area contributed by atoms with Crippen LogP contribution < -0.4 is 10.1 Å². The van der Waals surface area contributed by atoms with E-state index in [4.69, 9.17) is 5.11 Å². The van der Waals surface area contributed by atoms with Gasteiger partial charge in [0.25, 0.3) is 6.43 Å². The van der Waals surface area contributed by atoms with Crippen LogP contribution in [0.15, 0.2) is 24.3 Å². The fraction of sp³-hybridized carbons (Fsp3) is 0.500. The fourth-order valence-electron chi connectivity index (χ4n) is 1.46. The van der Waals surface area contributed by atoms with Crippen molar-refractivity contribution in [3.8, 4) is 5.75 Å². The summed E-state index contributed by atoms with van der Waals surface area (Å²) >= 11 is 0. The molecule has 3 nitrogen and oxygen atoms in total. The molecule has 2 atom stereocenters. The summed E-state index contributed by atoms with van der Waals surface area (Å²) < 4.78 is 52.5. The number of nitrogens with one attached hydrogen (secondary N) is 1. The van der Waals surface area contributed by atoms with Crippen molar-refractivity contribution in [1.82, 2.24) is 5.32 Å². The number of ether oxygens (including phenoxy) is 1. The number of rotatable bonds is 7. The summed E-state index contributed by atoms with van der Waals surface area (Å²) in [6, 6.07) is 5.55. The molecule has 2 N–H and O–H groups in total. The Labute approximate surface area is 108 Å². The van der Waals surface area contributed by atoms with Gasteiger partial charge in [-0.1, -0.05) is 12.1 Å². The minimum Gasteiger partial charge on any atom is -0.435 e. The number of benzene rings is 1. The Balaban J connectivity index is 2.59. The lowest BCUT2D eigenvalue weighted by molar-refractivity contribution is -0.0499. The molecule has 1 aromatic carbocycles. The average molecular weight is 281 g/mol. The van der Waals surface area contributed by atoms with Crippen LogP contribution in [0.4, 0.5) is 17.6 Å². The van der Waals surface area contributed by atoms with Gasteiger partial charge in [-0.2, -0.15) is 8.78 Å². The van der Waals surface area contributed by atoms with Crippen molar-refractivity contribution in [1.29, 1.82) is 0 Å². The van der Waals surface area contributed by atoms with Crippen LogP contribution in [0.3, 0.4) is 0 Å². The zero-order chi connectivity index (χ0) is 14.4. The van der Waals surface area contributed by atoms with Crippen molar-refractivity contribution in [2.75, 3.05) is 6.54 Å². The van der Waals surface area contributed by atoms with Crippen LogP contribution >= 0.6 is 0 Å². The summed E-state index contributed by atoms with van der Waals surface area (Å²) in [7, 11) is 0. The minimum absolute atomic E-state index is 0.00411. The molecule has 0 saturated carbocycles. The van der Waals surface area contributed by atoms with E-state index in [1.165, 1.54) is 18.2 Å². The fourth-order valence-corrected chi connectivity index (χ4v) is 1.46. The third kappa shape index (κ3) is 5.44. The lowest BCUT2D eigenvalue weighted by Crippen LogP contribution is -2.33. The van der Waals surface area contributed by atoms with Crippen molar-refractivity contribution in [2.45, 2.75) is 32.1 Å². The molecular weight excluding hydrogens is 266 g/mol. The molecule has 0 saturated heterocycles. The van der Waals surface area contributed by atoms with Gasteiger partial charge in [0, 0.05) is 12.6 Å². The Bertz CT molecular complexity index is 390. The van der Waals surface area contributed by atoms with E-state index in [0.717, 1.165) is 0 Å². The van der Waals surface area contributed by atoms with Crippen molar-refractivity contribution in [3.63, 3.8) is 0 Å². The number of halogens is 4. The number of aliphatic hydroxyl groups excluding tert-OH is 1. The third-order valence-corrected chi connectivity index (χ3v) is 2.51. The molecular formula is C12H15F4NO2. The average Bonchev–Trinajstić information content (AvgIpc) is 2.34. The topological polar surface area (TPSA) is 41.5 Å². The monoisotopic (exact) mass is 281 g/mol. The van der Waals surface area contributed by atoms with Crippen LogP contribution in [0.25, 0.3) is 0 Å². The molecule has 0 amide bonds. The van der Waals surface area contributed by atoms with E-state index in [1.807, 2.05) is 0 Å². The minimum atomic E-state index is -2.92. The molecule has 0 heterocycles. The lowest BCUT2D eigenvalue weighted by Gasteiger charge is -2.17. The second kappa shape index (κ2) is 7.30. The maximum atomic E-state index is 12.1. The van der Waals surface area contributed by atoms with Gasteiger partial charge < -0.3 is 15.2 Å². The molecule has 0 radical (unpaired) electrons. The SMILES string of the molecule is CC(NCC(O)C(F)F)c1cccc(OC(F)F)c1. The maximum absolute atomic E-state index is 12.1. The first kappa shape index (κ1) is 15.7. The van der Waals surface area contributed by atoms with Crippen LogP contribution in [0.5, 0.6) is 5.75 Å². The summed E-state index contributed by atoms with van der Waals surface area (Å²) in [4.78, 5) is 0. The molecule has 1 aromatic rings. The van der Waals surface area contributed by atoms with Gasteiger partial charge in [0.15, 0.2) is 0 Å². The molecule has 0 spiro atoms. The van der Waals surface area contributed by atoms with Crippen LogP contribution in [-0.2, 0) is 0 Å². The van der Waals surface area contributed by atoms with Gasteiger partial charge in [-0.15, -0.1) is 0 Å². The van der Waals surface area contributed by atoms with Crippen molar-refractivity contribution >= 4 is 0 Å². The molecule has 0 aliphatic heterocycles. The highest BCUT2D eigenvalue weighted by Gasteiger charge is 2.17. The molecule has 108 valence electrons. The van der Waals surface area contributed by atoms with Crippen molar-refractivity contribution < 1.29 is 27.4 Å². The van der Waals surface area contributed by atoms with Gasteiger partial charge in [0.1, 0.15) is 11.9 Å². The maximum Gasteiger partial charge on any atom is 0.387 e. The van der Waals surface area contributed by atoms with Crippen LogP contribution in [0, 0.1) is 0 Å². The summed E-state index contributed by atoms with van der Waals surface area (Å²) in [5, 5.41) is 11.6. The summed E-state index contributed by atoms with van der Waals surface area (Å²) in [5.74, 6) is -0.00411. The summed E-state index contributed by atoms with van der Waals surface area (Å²) in [5.41, 5.74) is 0.597. The second-order valence-corrected chi connectivity index (χ2v) is 3.98. The van der Waals surface area contributed by atoms with E-state index >= 15 is 0 Å². The summed E-state index contributed by atoms with van der Waals surface area (Å²) in [6.07, 6.45) is -4.59. The molecule has 7 heteroatoms. The van der Waals surface area contributed by atoms with E-state index in [2.05, 4.69) is 10.1 Å². The molecule has 0 fully saturated rings. The van der Waals surface area contributed by atoms with Crippen molar-refractivity contribution in [3.05, 3.63) is 29.8 Å². The lowest BCUT2D eigenvalue weighted by atomic mass is 10.1. The molecule has 0 aromatic heterocycles. The second-order valence-electron chi connectivity index (χ2n) is 3.98. The number of alkyl halides is 4. The highest BCUT2D eigenvalue weighted by molar-refractivity contribution is 5.30. The standard InChI is InChI=1S/C12H15F4NO2/c1-7(17-6-10(18)11(13)14)8-3-2-4-9(5-8)19-12(15)16/h2-5,7,10-12,17-18H,6H2,1H3. The zero-order valence-corrected chi connectivity index (χ0v) is 10.2. The molecule has 19 heavy (non-hydrogen) atoms. The highest BCUT2D eigenvalue weighted by atomic mass is 19.3. The van der Waals surface area contributed by atoms with Gasteiger partial charge in [-0.05, 0) is 24.6 Å². The smallest absolute Gasteiger partial charge is 0.387 e. The van der Waals surface area contributed by atoms with Crippen LogP contribution in [0.2, 0.25) is 0 Å². The number of hydrogen-bond donors (Lipinski definition) is 2. The van der Waals surface area contributed by atoms with E-state index in [9.17, 15) is 17.6 Å². The first-order valence-electron chi connectivity index (χ1n) is 5.64. The third-order valence-electron chi connectivity index (χ3n) is 2.51. The molecule has 1 rings (SSSR count). The normalized spacial score (nSPS) is 14.7. The molecule has 0 bridgehead atoms. The number of hydrogen-bond acceptors (Lipinski definition) is 3. The zero-order valence-electron chi connectivity index (χ0n) is 10.2. The highest BCUT2D eigenvalue weighted by Crippen LogP contribution is 2.20. The van der Waals surface area contributed by atoms with Crippen LogP contribution in [0.1, 0.15) is 18.5 Å². The predicted octanol–water partition coefficient (Wildman–Crippen LogP) is 2.56. The number of aliphatic hydroxyl groups is 1. The molecule has 0 aliphatic rings. The van der Waals surface area contributed by atoms with E-state index in [1.54, 1.807) is 13.0 Å². The molecule has 2 unspecified atom stereocenters. The first-order valence-corrected chi connectivity index (χ1v) is 5.64. The van der Waals surface area contributed by atoms with Gasteiger partial charge in [0.05, 0.1) is 0 Å². The Morgan fingerprint density at radius 1 is 1.26 bits per heavy atom. The van der Waals surface area contributed by atoms with Gasteiger partial charge in [-0.25, -0.2) is 8.78 Å². The quantitative estimate of drug-likeness (QED) is 0.755. The van der Waals surface area contributed by atoms with Crippen LogP contribution in [-0.4, -0.2) is 30.8 Å². The summed E-state index contributed by atoms with van der Waals surface area (Å²) in [6.45, 7) is -1.54. The largest absolute Gasteiger partial charge is 0.435 e. The Morgan fingerprint density at radius 2 is 1.95 bits per heavy atom. The Morgan fingerprint density at radius 3 is 2.53 bits per heavy atom. The Kier molecular flexibility index (Phi) is 6.04. The van der Waals surface area contributed by atoms with E-state index in [0.29, 0.717) is 5.56 Å². The van der Waals surface area contributed by atoms with E-state index in [-0.39, 0.29) is 18.3 Å².